The number of furan rings is 1. The van der Waals surface area contributed by atoms with E-state index in [-0.39, 0.29) is 18.3 Å². The van der Waals surface area contributed by atoms with Crippen molar-refractivity contribution < 1.29 is 18.7 Å². The Morgan fingerprint density at radius 2 is 2.19 bits per heavy atom. The summed E-state index contributed by atoms with van der Waals surface area (Å²) in [5, 5.41) is 5.38. The summed E-state index contributed by atoms with van der Waals surface area (Å²) in [7, 11) is 0. The Kier molecular flexibility index (Phi) is 5.75. The van der Waals surface area contributed by atoms with E-state index in [1.165, 1.54) is 11.3 Å². The van der Waals surface area contributed by atoms with Crippen LogP contribution in [-0.4, -0.2) is 28.5 Å². The van der Waals surface area contributed by atoms with E-state index < -0.39 is 0 Å². The third-order valence-corrected chi connectivity index (χ3v) is 4.93. The number of aryl methyl sites for hydroxylation is 1. The number of ether oxygens (including phenoxy) is 1. The molecule has 27 heavy (non-hydrogen) atoms. The van der Waals surface area contributed by atoms with Crippen LogP contribution in [0.25, 0.3) is 11.4 Å². The molecule has 0 saturated heterocycles. The van der Waals surface area contributed by atoms with E-state index in [9.17, 15) is 9.59 Å². The van der Waals surface area contributed by atoms with E-state index in [0.29, 0.717) is 35.2 Å². The van der Waals surface area contributed by atoms with Crippen LogP contribution in [0.2, 0.25) is 0 Å². The van der Waals surface area contributed by atoms with Crippen molar-refractivity contribution in [1.82, 2.24) is 15.3 Å². The van der Waals surface area contributed by atoms with Gasteiger partial charge in [-0.15, -0.1) is 11.3 Å². The maximum Gasteiger partial charge on any atom is 0.340 e. The molecule has 0 bridgehead atoms. The molecule has 3 heterocycles. The van der Waals surface area contributed by atoms with Crippen molar-refractivity contribution in [3.05, 3.63) is 51.4 Å². The molecule has 0 saturated carbocycles. The van der Waals surface area contributed by atoms with Gasteiger partial charge in [-0.25, -0.2) is 9.78 Å². The van der Waals surface area contributed by atoms with Gasteiger partial charge in [0.25, 0.3) is 0 Å². The summed E-state index contributed by atoms with van der Waals surface area (Å²) in [6.45, 7) is 6.14. The number of rotatable bonds is 7. The maximum absolute atomic E-state index is 12.1. The van der Waals surface area contributed by atoms with E-state index in [2.05, 4.69) is 15.3 Å². The van der Waals surface area contributed by atoms with Gasteiger partial charge in [-0.1, -0.05) is 0 Å². The molecule has 0 aliphatic rings. The summed E-state index contributed by atoms with van der Waals surface area (Å²) >= 11 is 1.41. The summed E-state index contributed by atoms with van der Waals surface area (Å²) in [6.07, 6.45) is 1.76. The Morgan fingerprint density at radius 1 is 1.37 bits per heavy atom. The second kappa shape index (κ2) is 8.22. The number of esters is 1. The van der Waals surface area contributed by atoms with Crippen molar-refractivity contribution >= 4 is 23.2 Å². The molecular weight excluding hydrogens is 366 g/mol. The molecule has 142 valence electrons. The SMILES string of the molecule is CCOC(=O)c1c(C)[nH]c(-c2csc(CC(=O)NCc3ccco3)n2)c1C. The summed E-state index contributed by atoms with van der Waals surface area (Å²) < 4.78 is 10.3. The number of nitrogens with one attached hydrogen (secondary N) is 2. The zero-order chi connectivity index (χ0) is 19.4. The quantitative estimate of drug-likeness (QED) is 0.606. The van der Waals surface area contributed by atoms with Gasteiger partial charge >= 0.3 is 5.97 Å². The van der Waals surface area contributed by atoms with Crippen LogP contribution in [0.1, 0.15) is 39.3 Å². The smallest absolute Gasteiger partial charge is 0.340 e. The third kappa shape index (κ3) is 4.28. The molecule has 7 nitrogen and oxygen atoms in total. The van der Waals surface area contributed by atoms with E-state index >= 15 is 0 Å². The van der Waals surface area contributed by atoms with Crippen LogP contribution in [-0.2, 0) is 22.5 Å². The zero-order valence-electron chi connectivity index (χ0n) is 15.4. The number of hydrogen-bond donors (Lipinski definition) is 2. The minimum atomic E-state index is -0.345. The Morgan fingerprint density at radius 3 is 2.89 bits per heavy atom. The number of carbonyl (C=O) groups is 2. The van der Waals surface area contributed by atoms with Crippen molar-refractivity contribution in [3.63, 3.8) is 0 Å². The molecule has 0 atom stereocenters. The number of thiazole rings is 1. The van der Waals surface area contributed by atoms with Gasteiger partial charge in [0.05, 0.1) is 42.8 Å². The fraction of sp³-hybridized carbons (Fsp3) is 0.316. The van der Waals surface area contributed by atoms with Crippen LogP contribution in [0.3, 0.4) is 0 Å². The van der Waals surface area contributed by atoms with Gasteiger partial charge < -0.3 is 19.5 Å². The lowest BCUT2D eigenvalue weighted by molar-refractivity contribution is -0.120. The maximum atomic E-state index is 12.1. The average Bonchev–Trinajstić information content (AvgIpc) is 3.34. The fourth-order valence-corrected chi connectivity index (χ4v) is 3.60. The van der Waals surface area contributed by atoms with Crippen molar-refractivity contribution in [2.24, 2.45) is 0 Å². The van der Waals surface area contributed by atoms with Gasteiger partial charge in [0.1, 0.15) is 10.8 Å². The molecule has 0 aliphatic carbocycles. The Hall–Kier alpha value is -2.87. The molecule has 3 aromatic heterocycles. The first-order valence-corrected chi connectivity index (χ1v) is 9.47. The number of amides is 1. The average molecular weight is 387 g/mol. The molecule has 8 heteroatoms. The normalized spacial score (nSPS) is 10.8. The van der Waals surface area contributed by atoms with Crippen LogP contribution in [0.4, 0.5) is 0 Å². The standard InChI is InChI=1S/C19H21N3O4S/c1-4-25-19(24)17-11(2)18(21-12(17)3)14-10-27-16(22-14)8-15(23)20-9-13-6-5-7-26-13/h5-7,10,21H,4,8-9H2,1-3H3,(H,20,23). The summed E-state index contributed by atoms with van der Waals surface area (Å²) in [5.41, 5.74) is 3.56. The van der Waals surface area contributed by atoms with Gasteiger partial charge in [0.15, 0.2) is 0 Å². The Labute approximate surface area is 160 Å². The highest BCUT2D eigenvalue weighted by Gasteiger charge is 2.21. The lowest BCUT2D eigenvalue weighted by Gasteiger charge is -2.02. The third-order valence-electron chi connectivity index (χ3n) is 4.08. The highest BCUT2D eigenvalue weighted by atomic mass is 32.1. The van der Waals surface area contributed by atoms with Crippen molar-refractivity contribution in [2.75, 3.05) is 6.61 Å². The molecular formula is C19H21N3O4S. The first-order chi connectivity index (χ1) is 13.0. The monoisotopic (exact) mass is 387 g/mol. The number of carbonyl (C=O) groups excluding carboxylic acids is 2. The number of H-pyrrole nitrogens is 1. The zero-order valence-corrected chi connectivity index (χ0v) is 16.2. The second-order valence-corrected chi connectivity index (χ2v) is 6.95. The van der Waals surface area contributed by atoms with Gasteiger partial charge in [-0.3, -0.25) is 4.79 Å². The predicted octanol–water partition coefficient (Wildman–Crippen LogP) is 3.38. The Bertz CT molecular complexity index is 940. The Balaban J connectivity index is 1.69. The van der Waals surface area contributed by atoms with Crippen LogP contribution in [0.15, 0.2) is 28.2 Å². The minimum absolute atomic E-state index is 0.126. The first-order valence-electron chi connectivity index (χ1n) is 8.59. The van der Waals surface area contributed by atoms with Gasteiger partial charge in [0.2, 0.25) is 5.91 Å². The minimum Gasteiger partial charge on any atom is -0.467 e. The molecule has 0 radical (unpaired) electrons. The van der Waals surface area contributed by atoms with Gasteiger partial charge in [-0.05, 0) is 38.5 Å². The van der Waals surface area contributed by atoms with Gasteiger partial charge in [-0.2, -0.15) is 0 Å². The first kappa shape index (κ1) is 18.9. The van der Waals surface area contributed by atoms with E-state index in [4.69, 9.17) is 9.15 Å². The van der Waals surface area contributed by atoms with Crippen molar-refractivity contribution in [2.45, 2.75) is 33.7 Å². The van der Waals surface area contributed by atoms with Crippen molar-refractivity contribution in [3.8, 4) is 11.4 Å². The van der Waals surface area contributed by atoms with Crippen molar-refractivity contribution in [1.29, 1.82) is 0 Å². The van der Waals surface area contributed by atoms with E-state index in [1.54, 1.807) is 25.3 Å². The van der Waals surface area contributed by atoms with E-state index in [1.807, 2.05) is 19.2 Å². The van der Waals surface area contributed by atoms with Gasteiger partial charge in [0, 0.05) is 11.1 Å². The van der Waals surface area contributed by atoms with Crippen LogP contribution in [0.5, 0.6) is 0 Å². The van der Waals surface area contributed by atoms with Crippen LogP contribution >= 0.6 is 11.3 Å². The molecule has 0 spiro atoms. The fourth-order valence-electron chi connectivity index (χ4n) is 2.82. The summed E-state index contributed by atoms with van der Waals surface area (Å²) in [4.78, 5) is 32.0. The predicted molar refractivity (Wildman–Crippen MR) is 102 cm³/mol. The largest absolute Gasteiger partial charge is 0.467 e. The molecule has 3 rings (SSSR count). The van der Waals surface area contributed by atoms with Crippen LogP contribution in [0, 0.1) is 13.8 Å². The molecule has 1 amide bonds. The highest BCUT2D eigenvalue weighted by molar-refractivity contribution is 7.10. The molecule has 2 N–H and O–H groups in total. The molecule has 0 fully saturated rings. The number of nitrogens with zero attached hydrogens (tertiary/aromatic N) is 1. The molecule has 3 aromatic rings. The number of aromatic nitrogens is 2. The number of hydrogen-bond acceptors (Lipinski definition) is 6. The molecule has 0 aromatic carbocycles. The summed E-state index contributed by atoms with van der Waals surface area (Å²) in [6, 6.07) is 3.58. The summed E-state index contributed by atoms with van der Waals surface area (Å²) in [5.74, 6) is 0.230. The second-order valence-electron chi connectivity index (χ2n) is 6.00. The number of aromatic amines is 1. The highest BCUT2D eigenvalue weighted by Crippen LogP contribution is 2.29. The molecule has 0 unspecified atom stereocenters. The topological polar surface area (TPSA) is 97.2 Å². The lowest BCUT2D eigenvalue weighted by atomic mass is 10.1. The van der Waals surface area contributed by atoms with E-state index in [0.717, 1.165) is 17.0 Å². The lowest BCUT2D eigenvalue weighted by Crippen LogP contribution is -2.24. The molecule has 0 aliphatic heterocycles. The van der Waals surface area contributed by atoms with Crippen LogP contribution < -0.4 is 5.32 Å².